The Kier molecular flexibility index (Phi) is 6.01. The summed E-state index contributed by atoms with van der Waals surface area (Å²) in [5.74, 6) is -1.18. The third kappa shape index (κ3) is 4.73. The van der Waals surface area contributed by atoms with Crippen LogP contribution in [0.15, 0.2) is 78.9 Å². The number of carbonyl (C=O) groups excluding carboxylic acids is 2. The molecule has 0 aromatic heterocycles. The van der Waals surface area contributed by atoms with Gasteiger partial charge in [-0.25, -0.2) is 4.39 Å². The first-order valence-electron chi connectivity index (χ1n) is 8.77. The summed E-state index contributed by atoms with van der Waals surface area (Å²) < 4.78 is 13.6. The van der Waals surface area contributed by atoms with E-state index in [0.717, 1.165) is 5.56 Å². The zero-order chi connectivity index (χ0) is 19.9. The molecular formula is C22H20FN3O2. The maximum atomic E-state index is 13.6. The van der Waals surface area contributed by atoms with Crippen molar-refractivity contribution in [3.63, 3.8) is 0 Å². The predicted molar refractivity (Wildman–Crippen MR) is 106 cm³/mol. The number of halogens is 1. The molecule has 0 saturated carbocycles. The molecule has 0 aliphatic carbocycles. The summed E-state index contributed by atoms with van der Waals surface area (Å²) >= 11 is 0. The molecule has 0 bridgehead atoms. The number of amides is 2. The fraction of sp³-hybridized carbons (Fsp3) is 0.0909. The number of hydrogen-bond acceptors (Lipinski definition) is 3. The minimum atomic E-state index is -0.679. The number of benzene rings is 3. The van der Waals surface area contributed by atoms with Crippen molar-refractivity contribution in [1.29, 1.82) is 0 Å². The van der Waals surface area contributed by atoms with Crippen molar-refractivity contribution in [3.05, 3.63) is 101 Å². The number of carbonyl (C=O) groups is 2. The van der Waals surface area contributed by atoms with Crippen molar-refractivity contribution in [1.82, 2.24) is 5.32 Å². The molecule has 2 amide bonds. The number of nitrogens with two attached hydrogens (primary N) is 1. The maximum Gasteiger partial charge on any atom is 0.251 e. The van der Waals surface area contributed by atoms with Gasteiger partial charge in [-0.05, 0) is 35.9 Å². The molecule has 5 nitrogen and oxygen atoms in total. The monoisotopic (exact) mass is 377 g/mol. The van der Waals surface area contributed by atoms with E-state index in [-0.39, 0.29) is 18.3 Å². The highest BCUT2D eigenvalue weighted by Gasteiger charge is 2.17. The lowest BCUT2D eigenvalue weighted by Crippen LogP contribution is -2.27. The SMILES string of the molecule is NC(=O)[C@@H](Nc1ccc(C(=O)NCc2ccccc2F)cc1)c1ccccc1. The van der Waals surface area contributed by atoms with Crippen molar-refractivity contribution in [2.75, 3.05) is 5.32 Å². The van der Waals surface area contributed by atoms with E-state index < -0.39 is 11.9 Å². The Balaban J connectivity index is 1.64. The summed E-state index contributed by atoms with van der Waals surface area (Å²) in [5.41, 5.74) is 7.75. The van der Waals surface area contributed by atoms with E-state index in [1.165, 1.54) is 6.07 Å². The Morgan fingerprint density at radius 1 is 0.893 bits per heavy atom. The van der Waals surface area contributed by atoms with E-state index >= 15 is 0 Å². The van der Waals surface area contributed by atoms with Crippen LogP contribution in [0.1, 0.15) is 27.5 Å². The molecule has 3 aromatic rings. The summed E-state index contributed by atoms with van der Waals surface area (Å²) in [6.45, 7) is 0.100. The minimum absolute atomic E-state index is 0.100. The van der Waals surface area contributed by atoms with Crippen LogP contribution in [0, 0.1) is 5.82 Å². The number of nitrogens with one attached hydrogen (secondary N) is 2. The third-order valence-corrected chi connectivity index (χ3v) is 4.27. The van der Waals surface area contributed by atoms with Gasteiger partial charge in [0.25, 0.3) is 5.91 Å². The van der Waals surface area contributed by atoms with Gasteiger partial charge in [-0.15, -0.1) is 0 Å². The van der Waals surface area contributed by atoms with Crippen LogP contribution < -0.4 is 16.4 Å². The molecule has 0 spiro atoms. The third-order valence-electron chi connectivity index (χ3n) is 4.27. The van der Waals surface area contributed by atoms with E-state index in [9.17, 15) is 14.0 Å². The fourth-order valence-corrected chi connectivity index (χ4v) is 2.77. The summed E-state index contributed by atoms with van der Waals surface area (Å²) in [7, 11) is 0. The lowest BCUT2D eigenvalue weighted by Gasteiger charge is -2.17. The Labute approximate surface area is 162 Å². The van der Waals surface area contributed by atoms with Crippen LogP contribution in [-0.4, -0.2) is 11.8 Å². The van der Waals surface area contributed by atoms with Crippen molar-refractivity contribution < 1.29 is 14.0 Å². The highest BCUT2D eigenvalue weighted by atomic mass is 19.1. The smallest absolute Gasteiger partial charge is 0.251 e. The zero-order valence-corrected chi connectivity index (χ0v) is 15.1. The van der Waals surface area contributed by atoms with E-state index in [1.807, 2.05) is 30.3 Å². The second-order valence-corrected chi connectivity index (χ2v) is 6.24. The van der Waals surface area contributed by atoms with Crippen LogP contribution in [-0.2, 0) is 11.3 Å². The van der Waals surface area contributed by atoms with E-state index in [4.69, 9.17) is 5.73 Å². The highest BCUT2D eigenvalue weighted by molar-refractivity contribution is 5.94. The first kappa shape index (κ1) is 19.1. The molecule has 6 heteroatoms. The minimum Gasteiger partial charge on any atom is -0.370 e. The molecule has 0 unspecified atom stereocenters. The average Bonchev–Trinajstić information content (AvgIpc) is 2.72. The van der Waals surface area contributed by atoms with Crippen LogP contribution in [0.2, 0.25) is 0 Å². The Bertz CT molecular complexity index is 959. The molecule has 0 heterocycles. The van der Waals surface area contributed by atoms with Gasteiger partial charge >= 0.3 is 0 Å². The standard InChI is InChI=1S/C22H20FN3O2/c23-19-9-5-4-8-17(19)14-25-22(28)16-10-12-18(13-11-16)26-20(21(24)27)15-6-2-1-3-7-15/h1-13,20,26H,14H2,(H2,24,27)(H,25,28)/t20-/m0/s1. The van der Waals surface area contributed by atoms with Gasteiger partial charge in [0.1, 0.15) is 11.9 Å². The van der Waals surface area contributed by atoms with Gasteiger partial charge < -0.3 is 16.4 Å². The van der Waals surface area contributed by atoms with Crippen LogP contribution >= 0.6 is 0 Å². The molecule has 0 aliphatic rings. The summed E-state index contributed by atoms with van der Waals surface area (Å²) in [6.07, 6.45) is 0. The van der Waals surface area contributed by atoms with Crippen molar-refractivity contribution in [2.24, 2.45) is 5.73 Å². The lowest BCUT2D eigenvalue weighted by molar-refractivity contribution is -0.118. The van der Waals surface area contributed by atoms with Gasteiger partial charge in [-0.1, -0.05) is 48.5 Å². The number of rotatable bonds is 7. The average molecular weight is 377 g/mol. The Morgan fingerprint density at radius 3 is 2.18 bits per heavy atom. The molecule has 28 heavy (non-hydrogen) atoms. The number of hydrogen-bond donors (Lipinski definition) is 3. The van der Waals surface area contributed by atoms with Crippen LogP contribution in [0.25, 0.3) is 0 Å². The molecule has 0 aliphatic heterocycles. The second kappa shape index (κ2) is 8.81. The van der Waals surface area contributed by atoms with Crippen LogP contribution in [0.5, 0.6) is 0 Å². The van der Waals surface area contributed by atoms with Gasteiger partial charge in [-0.2, -0.15) is 0 Å². The lowest BCUT2D eigenvalue weighted by atomic mass is 10.1. The van der Waals surface area contributed by atoms with Gasteiger partial charge in [0.15, 0.2) is 0 Å². The van der Waals surface area contributed by atoms with Crippen molar-refractivity contribution in [2.45, 2.75) is 12.6 Å². The Morgan fingerprint density at radius 2 is 1.54 bits per heavy atom. The summed E-state index contributed by atoms with van der Waals surface area (Å²) in [5, 5.41) is 5.76. The van der Waals surface area contributed by atoms with E-state index in [1.54, 1.807) is 42.5 Å². The predicted octanol–water partition coefficient (Wildman–Crippen LogP) is 3.39. The van der Waals surface area contributed by atoms with Crippen molar-refractivity contribution >= 4 is 17.5 Å². The first-order valence-corrected chi connectivity index (χ1v) is 8.77. The van der Waals surface area contributed by atoms with Gasteiger partial charge in [-0.3, -0.25) is 9.59 Å². The van der Waals surface area contributed by atoms with Crippen LogP contribution in [0.4, 0.5) is 10.1 Å². The molecule has 1 atom stereocenters. The van der Waals surface area contributed by atoms with Crippen LogP contribution in [0.3, 0.4) is 0 Å². The first-order chi connectivity index (χ1) is 13.5. The van der Waals surface area contributed by atoms with Crippen molar-refractivity contribution in [3.8, 4) is 0 Å². The molecule has 3 aromatic carbocycles. The molecule has 0 fully saturated rings. The van der Waals surface area contributed by atoms with Gasteiger partial charge in [0, 0.05) is 23.4 Å². The Hall–Kier alpha value is -3.67. The van der Waals surface area contributed by atoms with E-state index in [0.29, 0.717) is 16.8 Å². The van der Waals surface area contributed by atoms with E-state index in [2.05, 4.69) is 10.6 Å². The second-order valence-electron chi connectivity index (χ2n) is 6.24. The summed E-state index contributed by atoms with van der Waals surface area (Å²) in [6, 6.07) is 21.4. The highest BCUT2D eigenvalue weighted by Crippen LogP contribution is 2.20. The molecule has 3 rings (SSSR count). The summed E-state index contributed by atoms with van der Waals surface area (Å²) in [4.78, 5) is 24.1. The van der Waals surface area contributed by atoms with Gasteiger partial charge in [0.2, 0.25) is 5.91 Å². The molecule has 4 N–H and O–H groups in total. The molecular weight excluding hydrogens is 357 g/mol. The fourth-order valence-electron chi connectivity index (χ4n) is 2.77. The topological polar surface area (TPSA) is 84.2 Å². The maximum absolute atomic E-state index is 13.6. The molecule has 142 valence electrons. The largest absolute Gasteiger partial charge is 0.370 e. The normalized spacial score (nSPS) is 11.5. The quantitative estimate of drug-likeness (QED) is 0.590. The zero-order valence-electron chi connectivity index (χ0n) is 15.1. The number of anilines is 1. The van der Waals surface area contributed by atoms with Gasteiger partial charge in [0.05, 0.1) is 0 Å². The number of primary amides is 1. The molecule has 0 saturated heterocycles. The molecule has 0 radical (unpaired) electrons.